The van der Waals surface area contributed by atoms with Crippen LogP contribution in [-0.2, 0) is 5.41 Å². The Bertz CT molecular complexity index is 325. The molecule has 0 saturated carbocycles. The molecule has 0 heteroatoms. The van der Waals surface area contributed by atoms with Crippen LogP contribution in [0.5, 0.6) is 0 Å². The van der Waals surface area contributed by atoms with Crippen molar-refractivity contribution in [3.63, 3.8) is 0 Å². The van der Waals surface area contributed by atoms with Gasteiger partial charge >= 0.3 is 0 Å². The molecule has 0 bridgehead atoms. The molecule has 0 saturated heterocycles. The lowest BCUT2D eigenvalue weighted by Gasteiger charge is -2.37. The Labute approximate surface area is 114 Å². The van der Waals surface area contributed by atoms with E-state index in [0.29, 0.717) is 5.41 Å². The maximum atomic E-state index is 2.40. The topological polar surface area (TPSA) is 0 Å². The summed E-state index contributed by atoms with van der Waals surface area (Å²) in [5.74, 6) is 1.57. The van der Waals surface area contributed by atoms with Crippen LogP contribution in [0.2, 0.25) is 0 Å². The summed E-state index contributed by atoms with van der Waals surface area (Å²) in [7, 11) is 0. The van der Waals surface area contributed by atoms with Crippen LogP contribution in [0.4, 0.5) is 0 Å². The lowest BCUT2D eigenvalue weighted by atomic mass is 9.67. The summed E-state index contributed by atoms with van der Waals surface area (Å²) in [4.78, 5) is 0. The van der Waals surface area contributed by atoms with Crippen LogP contribution in [-0.4, -0.2) is 0 Å². The van der Waals surface area contributed by atoms with Crippen molar-refractivity contribution in [3.05, 3.63) is 35.9 Å². The van der Waals surface area contributed by atoms with Crippen molar-refractivity contribution >= 4 is 0 Å². The summed E-state index contributed by atoms with van der Waals surface area (Å²) < 4.78 is 0. The zero-order valence-corrected chi connectivity index (χ0v) is 12.9. The minimum absolute atomic E-state index is 0.380. The van der Waals surface area contributed by atoms with E-state index in [1.807, 2.05) is 0 Å². The average molecular weight is 246 g/mol. The second kappa shape index (κ2) is 6.97. The molecule has 18 heavy (non-hydrogen) atoms. The monoisotopic (exact) mass is 246 g/mol. The predicted octanol–water partition coefficient (Wildman–Crippen LogP) is 5.82. The van der Waals surface area contributed by atoms with Gasteiger partial charge in [-0.3, -0.25) is 0 Å². The van der Waals surface area contributed by atoms with E-state index in [2.05, 4.69) is 65.0 Å². The number of hydrogen-bond acceptors (Lipinski definition) is 0. The van der Waals surface area contributed by atoms with E-state index in [-0.39, 0.29) is 0 Å². The van der Waals surface area contributed by atoms with Crippen LogP contribution in [0.1, 0.15) is 65.9 Å². The quantitative estimate of drug-likeness (QED) is 0.569. The van der Waals surface area contributed by atoms with Gasteiger partial charge in [-0.1, -0.05) is 71.4 Å². The highest BCUT2D eigenvalue weighted by atomic mass is 14.4. The molecule has 2 unspecified atom stereocenters. The van der Waals surface area contributed by atoms with Crippen LogP contribution in [0.25, 0.3) is 0 Å². The Morgan fingerprint density at radius 1 is 0.944 bits per heavy atom. The Hall–Kier alpha value is -0.780. The number of benzene rings is 1. The van der Waals surface area contributed by atoms with E-state index in [0.717, 1.165) is 11.8 Å². The van der Waals surface area contributed by atoms with Gasteiger partial charge in [-0.25, -0.2) is 0 Å². The van der Waals surface area contributed by atoms with Gasteiger partial charge in [0.05, 0.1) is 0 Å². The van der Waals surface area contributed by atoms with Gasteiger partial charge in [0, 0.05) is 0 Å². The molecule has 0 aromatic heterocycles. The van der Waals surface area contributed by atoms with Crippen LogP contribution >= 0.6 is 0 Å². The van der Waals surface area contributed by atoms with Crippen molar-refractivity contribution in [2.24, 2.45) is 11.8 Å². The van der Waals surface area contributed by atoms with Crippen LogP contribution < -0.4 is 0 Å². The molecule has 0 amide bonds. The molecule has 0 aliphatic carbocycles. The standard InChI is InChI=1S/C18H30/c1-6-16(5)14-18(7-2,13-15(3)4)17-11-9-8-10-12-17/h8-12,15-16H,6-7,13-14H2,1-5H3. The predicted molar refractivity (Wildman–Crippen MR) is 81.9 cm³/mol. The van der Waals surface area contributed by atoms with Crippen LogP contribution in [0.3, 0.4) is 0 Å². The molecule has 0 heterocycles. The van der Waals surface area contributed by atoms with E-state index in [1.165, 1.54) is 25.7 Å². The first-order valence-corrected chi connectivity index (χ1v) is 7.59. The van der Waals surface area contributed by atoms with Gasteiger partial charge in [0.1, 0.15) is 0 Å². The highest BCUT2D eigenvalue weighted by molar-refractivity contribution is 5.25. The molecule has 0 radical (unpaired) electrons. The zero-order valence-electron chi connectivity index (χ0n) is 12.9. The fraction of sp³-hybridized carbons (Fsp3) is 0.667. The third kappa shape index (κ3) is 3.86. The molecule has 0 aliphatic rings. The van der Waals surface area contributed by atoms with Crippen molar-refractivity contribution in [2.45, 2.75) is 65.7 Å². The molecule has 0 aliphatic heterocycles. The number of hydrogen-bond donors (Lipinski definition) is 0. The smallest absolute Gasteiger partial charge is 0.00446 e. The van der Waals surface area contributed by atoms with Gasteiger partial charge in [0.2, 0.25) is 0 Å². The van der Waals surface area contributed by atoms with Crippen LogP contribution in [0.15, 0.2) is 30.3 Å². The van der Waals surface area contributed by atoms with Gasteiger partial charge in [-0.05, 0) is 42.1 Å². The molecular weight excluding hydrogens is 216 g/mol. The molecule has 1 rings (SSSR count). The summed E-state index contributed by atoms with van der Waals surface area (Å²) in [6.45, 7) is 11.8. The molecule has 1 aromatic carbocycles. The summed E-state index contributed by atoms with van der Waals surface area (Å²) in [6.07, 6.45) is 5.16. The Morgan fingerprint density at radius 3 is 2.00 bits per heavy atom. The first kappa shape index (κ1) is 15.3. The SMILES string of the molecule is CCC(C)CC(CC)(CC(C)C)c1ccccc1. The van der Waals surface area contributed by atoms with Gasteiger partial charge in [0.15, 0.2) is 0 Å². The summed E-state index contributed by atoms with van der Waals surface area (Å²) in [6, 6.07) is 11.2. The fourth-order valence-electron chi connectivity index (χ4n) is 3.20. The average Bonchev–Trinajstić information content (AvgIpc) is 2.38. The van der Waals surface area contributed by atoms with Gasteiger partial charge in [-0.15, -0.1) is 0 Å². The summed E-state index contributed by atoms with van der Waals surface area (Å²) in [5.41, 5.74) is 1.92. The highest BCUT2D eigenvalue weighted by Gasteiger charge is 2.32. The Morgan fingerprint density at radius 2 is 1.56 bits per heavy atom. The molecule has 102 valence electrons. The van der Waals surface area contributed by atoms with Crippen molar-refractivity contribution < 1.29 is 0 Å². The third-order valence-corrected chi connectivity index (χ3v) is 4.30. The maximum Gasteiger partial charge on any atom is -0.00446 e. The minimum atomic E-state index is 0.380. The van der Waals surface area contributed by atoms with E-state index >= 15 is 0 Å². The maximum absolute atomic E-state index is 2.40. The summed E-state index contributed by atoms with van der Waals surface area (Å²) in [5, 5.41) is 0. The summed E-state index contributed by atoms with van der Waals surface area (Å²) >= 11 is 0. The molecule has 0 nitrogen and oxygen atoms in total. The second-order valence-electron chi connectivity index (χ2n) is 6.32. The normalized spacial score (nSPS) is 16.6. The Balaban J connectivity index is 3.05. The molecule has 0 N–H and O–H groups in total. The third-order valence-electron chi connectivity index (χ3n) is 4.30. The first-order chi connectivity index (χ1) is 8.54. The van der Waals surface area contributed by atoms with E-state index in [9.17, 15) is 0 Å². The molecular formula is C18H30. The zero-order chi connectivity index (χ0) is 13.6. The largest absolute Gasteiger partial charge is 0.0651 e. The van der Waals surface area contributed by atoms with E-state index < -0.39 is 0 Å². The molecule has 2 atom stereocenters. The lowest BCUT2D eigenvalue weighted by Crippen LogP contribution is -2.29. The first-order valence-electron chi connectivity index (χ1n) is 7.59. The van der Waals surface area contributed by atoms with Gasteiger partial charge in [0.25, 0.3) is 0 Å². The minimum Gasteiger partial charge on any atom is -0.0651 e. The fourth-order valence-corrected chi connectivity index (χ4v) is 3.20. The van der Waals surface area contributed by atoms with Crippen molar-refractivity contribution in [2.75, 3.05) is 0 Å². The van der Waals surface area contributed by atoms with E-state index in [1.54, 1.807) is 5.56 Å². The second-order valence-corrected chi connectivity index (χ2v) is 6.32. The van der Waals surface area contributed by atoms with E-state index in [4.69, 9.17) is 0 Å². The Kier molecular flexibility index (Phi) is 5.91. The number of rotatable bonds is 7. The molecule has 1 aromatic rings. The lowest BCUT2D eigenvalue weighted by molar-refractivity contribution is 0.260. The van der Waals surface area contributed by atoms with Crippen molar-refractivity contribution in [3.8, 4) is 0 Å². The van der Waals surface area contributed by atoms with Crippen molar-refractivity contribution in [1.29, 1.82) is 0 Å². The highest BCUT2D eigenvalue weighted by Crippen LogP contribution is 2.40. The van der Waals surface area contributed by atoms with Gasteiger partial charge in [-0.2, -0.15) is 0 Å². The molecule has 0 spiro atoms. The van der Waals surface area contributed by atoms with Crippen molar-refractivity contribution in [1.82, 2.24) is 0 Å². The van der Waals surface area contributed by atoms with Crippen LogP contribution in [0, 0.1) is 11.8 Å². The van der Waals surface area contributed by atoms with Gasteiger partial charge < -0.3 is 0 Å². The molecule has 0 fully saturated rings.